The number of benzene rings is 1. The van der Waals surface area contributed by atoms with Gasteiger partial charge >= 0.3 is 0 Å². The Bertz CT molecular complexity index is 406. The maximum atomic E-state index is 3.30. The van der Waals surface area contributed by atoms with Crippen LogP contribution in [-0.2, 0) is 11.8 Å². The predicted molar refractivity (Wildman–Crippen MR) is 79.4 cm³/mol. The van der Waals surface area contributed by atoms with Gasteiger partial charge in [0.2, 0.25) is 0 Å². The molecule has 0 amide bonds. The fourth-order valence-electron chi connectivity index (χ4n) is 3.23. The topological polar surface area (TPSA) is 12.0 Å². The van der Waals surface area contributed by atoms with Crippen LogP contribution >= 0.6 is 0 Å². The van der Waals surface area contributed by atoms with E-state index in [0.29, 0.717) is 5.41 Å². The van der Waals surface area contributed by atoms with Gasteiger partial charge in [0.05, 0.1) is 0 Å². The minimum Gasteiger partial charge on any atom is -0.320 e. The van der Waals surface area contributed by atoms with Gasteiger partial charge in [-0.25, -0.2) is 0 Å². The quantitative estimate of drug-likeness (QED) is 0.845. The van der Waals surface area contributed by atoms with Crippen molar-refractivity contribution in [1.29, 1.82) is 0 Å². The molecule has 1 atom stereocenters. The molecular formula is C17H27N. The summed E-state index contributed by atoms with van der Waals surface area (Å²) in [5, 5.41) is 3.30. The Hall–Kier alpha value is -0.820. The molecule has 2 rings (SSSR count). The molecule has 1 aromatic carbocycles. The van der Waals surface area contributed by atoms with Crippen molar-refractivity contribution in [2.45, 2.75) is 57.8 Å². The van der Waals surface area contributed by atoms with Gasteiger partial charge in [-0.05, 0) is 67.3 Å². The molecule has 18 heavy (non-hydrogen) atoms. The SMILES string of the molecule is CCc1ccc2c(c1)C(CCNC)CCC2(C)C. The highest BCUT2D eigenvalue weighted by molar-refractivity contribution is 5.41. The van der Waals surface area contributed by atoms with Gasteiger partial charge in [-0.2, -0.15) is 0 Å². The standard InChI is InChI=1S/C17H27N/c1-5-13-6-7-16-15(12-13)14(9-11-18-4)8-10-17(16,2)3/h6-7,12,14,18H,5,8-11H2,1-4H3. The molecule has 0 fully saturated rings. The van der Waals surface area contributed by atoms with Crippen LogP contribution in [0.15, 0.2) is 18.2 Å². The van der Waals surface area contributed by atoms with Crippen molar-refractivity contribution in [2.24, 2.45) is 0 Å². The molecule has 0 radical (unpaired) electrons. The molecule has 0 saturated heterocycles. The number of hydrogen-bond donors (Lipinski definition) is 1. The Balaban J connectivity index is 2.36. The molecular weight excluding hydrogens is 218 g/mol. The average Bonchev–Trinajstić information content (AvgIpc) is 2.37. The maximum absolute atomic E-state index is 3.30. The Kier molecular flexibility index (Phi) is 4.11. The van der Waals surface area contributed by atoms with Gasteiger partial charge in [0.1, 0.15) is 0 Å². The molecule has 1 heteroatoms. The highest BCUT2D eigenvalue weighted by Gasteiger charge is 2.32. The minimum absolute atomic E-state index is 0.359. The van der Waals surface area contributed by atoms with E-state index in [1.807, 2.05) is 0 Å². The molecule has 1 aliphatic rings. The first-order valence-corrected chi connectivity index (χ1v) is 7.36. The first-order chi connectivity index (χ1) is 8.58. The van der Waals surface area contributed by atoms with Crippen LogP contribution in [0.25, 0.3) is 0 Å². The Morgan fingerprint density at radius 3 is 2.78 bits per heavy atom. The number of fused-ring (bicyclic) bond motifs is 1. The minimum atomic E-state index is 0.359. The highest BCUT2D eigenvalue weighted by Crippen LogP contribution is 2.44. The first kappa shape index (κ1) is 13.6. The van der Waals surface area contributed by atoms with Gasteiger partial charge in [-0.1, -0.05) is 39.0 Å². The number of aryl methyl sites for hydroxylation is 1. The van der Waals surface area contributed by atoms with Crippen LogP contribution in [0.4, 0.5) is 0 Å². The summed E-state index contributed by atoms with van der Waals surface area (Å²) in [5.74, 6) is 0.756. The smallest absolute Gasteiger partial charge is 0.00461 e. The van der Waals surface area contributed by atoms with Crippen molar-refractivity contribution < 1.29 is 0 Å². The van der Waals surface area contributed by atoms with Crippen molar-refractivity contribution in [3.63, 3.8) is 0 Å². The van der Waals surface area contributed by atoms with E-state index in [-0.39, 0.29) is 0 Å². The van der Waals surface area contributed by atoms with Gasteiger partial charge in [-0.3, -0.25) is 0 Å². The highest BCUT2D eigenvalue weighted by atomic mass is 14.8. The summed E-state index contributed by atoms with van der Waals surface area (Å²) in [7, 11) is 2.05. The van der Waals surface area contributed by atoms with E-state index >= 15 is 0 Å². The molecule has 0 heterocycles. The zero-order chi connectivity index (χ0) is 13.2. The molecule has 1 aromatic rings. The van der Waals surface area contributed by atoms with E-state index in [1.165, 1.54) is 24.8 Å². The van der Waals surface area contributed by atoms with E-state index in [9.17, 15) is 0 Å². The molecule has 100 valence electrons. The Morgan fingerprint density at radius 1 is 1.33 bits per heavy atom. The van der Waals surface area contributed by atoms with Crippen LogP contribution in [0.5, 0.6) is 0 Å². The van der Waals surface area contributed by atoms with Gasteiger partial charge in [0.15, 0.2) is 0 Å². The van der Waals surface area contributed by atoms with E-state index in [0.717, 1.165) is 18.9 Å². The van der Waals surface area contributed by atoms with Gasteiger partial charge < -0.3 is 5.32 Å². The number of hydrogen-bond acceptors (Lipinski definition) is 1. The molecule has 0 aromatic heterocycles. The molecule has 1 N–H and O–H groups in total. The molecule has 1 nitrogen and oxygen atoms in total. The fourth-order valence-corrected chi connectivity index (χ4v) is 3.23. The summed E-state index contributed by atoms with van der Waals surface area (Å²) < 4.78 is 0. The van der Waals surface area contributed by atoms with Crippen LogP contribution < -0.4 is 5.32 Å². The van der Waals surface area contributed by atoms with Crippen LogP contribution in [0, 0.1) is 0 Å². The lowest BCUT2D eigenvalue weighted by molar-refractivity contribution is 0.380. The molecule has 0 aliphatic heterocycles. The van der Waals surface area contributed by atoms with Gasteiger partial charge in [0.25, 0.3) is 0 Å². The third kappa shape index (κ3) is 2.61. The number of nitrogens with one attached hydrogen (secondary N) is 1. The van der Waals surface area contributed by atoms with E-state index in [2.05, 4.69) is 51.3 Å². The lowest BCUT2D eigenvalue weighted by Gasteiger charge is -2.37. The van der Waals surface area contributed by atoms with E-state index in [4.69, 9.17) is 0 Å². The molecule has 0 saturated carbocycles. The monoisotopic (exact) mass is 245 g/mol. The van der Waals surface area contributed by atoms with Gasteiger partial charge in [-0.15, -0.1) is 0 Å². The van der Waals surface area contributed by atoms with Crippen molar-refractivity contribution in [2.75, 3.05) is 13.6 Å². The van der Waals surface area contributed by atoms with Crippen molar-refractivity contribution >= 4 is 0 Å². The Morgan fingerprint density at radius 2 is 2.11 bits per heavy atom. The lowest BCUT2D eigenvalue weighted by Crippen LogP contribution is -2.27. The summed E-state index contributed by atoms with van der Waals surface area (Å²) in [4.78, 5) is 0. The zero-order valence-corrected chi connectivity index (χ0v) is 12.3. The zero-order valence-electron chi connectivity index (χ0n) is 12.3. The largest absolute Gasteiger partial charge is 0.320 e. The average molecular weight is 245 g/mol. The van der Waals surface area contributed by atoms with Crippen molar-refractivity contribution in [3.05, 3.63) is 34.9 Å². The normalized spacial score (nSPS) is 21.7. The predicted octanol–water partition coefficient (Wildman–Crippen LogP) is 4.01. The van der Waals surface area contributed by atoms with Crippen LogP contribution in [-0.4, -0.2) is 13.6 Å². The van der Waals surface area contributed by atoms with E-state index < -0.39 is 0 Å². The summed E-state index contributed by atoms with van der Waals surface area (Å²) in [6.07, 6.45) is 5.08. The van der Waals surface area contributed by atoms with E-state index in [1.54, 1.807) is 11.1 Å². The molecule has 0 spiro atoms. The number of rotatable bonds is 4. The first-order valence-electron chi connectivity index (χ1n) is 7.36. The lowest BCUT2D eigenvalue weighted by atomic mass is 9.67. The summed E-state index contributed by atoms with van der Waals surface area (Å²) in [6.45, 7) is 8.16. The van der Waals surface area contributed by atoms with Gasteiger partial charge in [0, 0.05) is 0 Å². The van der Waals surface area contributed by atoms with Crippen LogP contribution in [0.3, 0.4) is 0 Å². The molecule has 1 unspecified atom stereocenters. The third-order valence-electron chi connectivity index (χ3n) is 4.55. The second kappa shape index (κ2) is 5.44. The maximum Gasteiger partial charge on any atom is -0.00461 e. The summed E-state index contributed by atoms with van der Waals surface area (Å²) >= 11 is 0. The molecule has 0 bridgehead atoms. The van der Waals surface area contributed by atoms with Crippen molar-refractivity contribution in [3.8, 4) is 0 Å². The fraction of sp³-hybridized carbons (Fsp3) is 0.647. The second-order valence-corrected chi connectivity index (χ2v) is 6.29. The van der Waals surface area contributed by atoms with Crippen LogP contribution in [0.1, 0.15) is 62.6 Å². The van der Waals surface area contributed by atoms with Crippen LogP contribution in [0.2, 0.25) is 0 Å². The molecule has 1 aliphatic carbocycles. The summed E-state index contributed by atoms with van der Waals surface area (Å²) in [5.41, 5.74) is 5.06. The Labute approximate surface area is 112 Å². The van der Waals surface area contributed by atoms with Crippen molar-refractivity contribution in [1.82, 2.24) is 5.32 Å². The summed E-state index contributed by atoms with van der Waals surface area (Å²) in [6, 6.07) is 7.18. The second-order valence-electron chi connectivity index (χ2n) is 6.29. The third-order valence-corrected chi connectivity index (χ3v) is 4.55.